The zero-order valence-corrected chi connectivity index (χ0v) is 10.4. The Morgan fingerprint density at radius 3 is 2.62 bits per heavy atom. The smallest absolute Gasteiger partial charge is 0.309 e. The normalized spacial score (nSPS) is 33.1. The van der Waals surface area contributed by atoms with E-state index in [1.165, 1.54) is 7.11 Å². The molecule has 0 radical (unpaired) electrons. The zero-order chi connectivity index (χ0) is 12.3. The Bertz CT molecular complexity index is 286. The van der Waals surface area contributed by atoms with Crippen molar-refractivity contribution in [2.45, 2.75) is 33.6 Å². The van der Waals surface area contributed by atoms with Crippen molar-refractivity contribution < 1.29 is 14.7 Å². The minimum atomic E-state index is -0.189. The highest BCUT2D eigenvalue weighted by molar-refractivity contribution is 5.92. The molecule has 0 aliphatic heterocycles. The third kappa shape index (κ3) is 2.54. The lowest BCUT2D eigenvalue weighted by molar-refractivity contribution is -0.148. The molecule has 92 valence electrons. The zero-order valence-electron chi connectivity index (χ0n) is 10.4. The van der Waals surface area contributed by atoms with Crippen LogP contribution in [0.15, 0.2) is 5.16 Å². The van der Waals surface area contributed by atoms with Crippen LogP contribution in [0.4, 0.5) is 0 Å². The van der Waals surface area contributed by atoms with Gasteiger partial charge in [0.2, 0.25) is 0 Å². The van der Waals surface area contributed by atoms with Crippen molar-refractivity contribution in [2.75, 3.05) is 7.11 Å². The van der Waals surface area contributed by atoms with E-state index in [-0.39, 0.29) is 23.7 Å². The van der Waals surface area contributed by atoms with E-state index in [0.717, 1.165) is 18.6 Å². The molecule has 1 N–H and O–H groups in total. The highest BCUT2D eigenvalue weighted by Gasteiger charge is 2.40. The van der Waals surface area contributed by atoms with Gasteiger partial charge in [-0.15, -0.1) is 0 Å². The monoisotopic (exact) mass is 227 g/mol. The van der Waals surface area contributed by atoms with Gasteiger partial charge in [-0.1, -0.05) is 25.9 Å². The molecule has 1 aliphatic carbocycles. The number of rotatable bonds is 2. The minimum Gasteiger partial charge on any atom is -0.469 e. The van der Waals surface area contributed by atoms with Gasteiger partial charge in [0, 0.05) is 5.92 Å². The first-order valence-corrected chi connectivity index (χ1v) is 5.79. The molecule has 4 heteroatoms. The molecule has 1 rings (SSSR count). The van der Waals surface area contributed by atoms with E-state index in [4.69, 9.17) is 9.94 Å². The lowest BCUT2D eigenvalue weighted by Crippen LogP contribution is -2.40. The molecule has 1 saturated carbocycles. The van der Waals surface area contributed by atoms with Gasteiger partial charge >= 0.3 is 5.97 Å². The van der Waals surface area contributed by atoms with Gasteiger partial charge in [-0.3, -0.25) is 4.79 Å². The maximum atomic E-state index is 11.7. The minimum absolute atomic E-state index is 0.00801. The number of nitrogens with zero attached hydrogens (tertiary/aromatic N) is 1. The van der Waals surface area contributed by atoms with Crippen LogP contribution in [-0.2, 0) is 9.53 Å². The molecule has 0 unspecified atom stereocenters. The van der Waals surface area contributed by atoms with Gasteiger partial charge in [-0.25, -0.2) is 0 Å². The maximum Gasteiger partial charge on any atom is 0.309 e. The molecule has 0 aromatic rings. The second-order valence-corrected chi connectivity index (χ2v) is 5.04. The van der Waals surface area contributed by atoms with E-state index >= 15 is 0 Å². The molecule has 0 saturated heterocycles. The van der Waals surface area contributed by atoms with Crippen LogP contribution in [0.5, 0.6) is 0 Å². The van der Waals surface area contributed by atoms with E-state index < -0.39 is 0 Å². The summed E-state index contributed by atoms with van der Waals surface area (Å²) in [4.78, 5) is 11.7. The van der Waals surface area contributed by atoms with Gasteiger partial charge in [-0.05, 0) is 24.7 Å². The summed E-state index contributed by atoms with van der Waals surface area (Å²) < 4.78 is 4.84. The summed E-state index contributed by atoms with van der Waals surface area (Å²) in [7, 11) is 1.41. The lowest BCUT2D eigenvalue weighted by atomic mass is 9.69. The number of oxime groups is 1. The van der Waals surface area contributed by atoms with Crippen LogP contribution in [0.1, 0.15) is 33.6 Å². The first-order chi connectivity index (χ1) is 7.51. The van der Waals surface area contributed by atoms with E-state index in [1.54, 1.807) is 0 Å². The van der Waals surface area contributed by atoms with Gasteiger partial charge < -0.3 is 9.94 Å². The summed E-state index contributed by atoms with van der Waals surface area (Å²) >= 11 is 0. The van der Waals surface area contributed by atoms with E-state index in [9.17, 15) is 4.79 Å². The molecule has 3 atom stereocenters. The Morgan fingerprint density at radius 2 is 2.19 bits per heavy atom. The predicted octanol–water partition coefficient (Wildman–Crippen LogP) is 2.31. The number of hydrogen-bond acceptors (Lipinski definition) is 4. The Hall–Kier alpha value is -1.06. The van der Waals surface area contributed by atoms with Crippen LogP contribution >= 0.6 is 0 Å². The van der Waals surface area contributed by atoms with Crippen LogP contribution in [0, 0.1) is 23.7 Å². The summed E-state index contributed by atoms with van der Waals surface area (Å²) in [5, 5.41) is 12.4. The van der Waals surface area contributed by atoms with Gasteiger partial charge in [0.05, 0.1) is 18.7 Å². The number of methoxy groups -OCH3 is 1. The molecule has 16 heavy (non-hydrogen) atoms. The van der Waals surface area contributed by atoms with Gasteiger partial charge in [0.15, 0.2) is 0 Å². The van der Waals surface area contributed by atoms with Crippen LogP contribution in [0.3, 0.4) is 0 Å². The van der Waals surface area contributed by atoms with Crippen molar-refractivity contribution in [1.29, 1.82) is 0 Å². The molecule has 0 amide bonds. The summed E-state index contributed by atoms with van der Waals surface area (Å²) in [6.45, 7) is 6.15. The maximum absolute atomic E-state index is 11.7. The molecule has 0 aromatic carbocycles. The molecule has 1 fully saturated rings. The van der Waals surface area contributed by atoms with Crippen molar-refractivity contribution in [3.63, 3.8) is 0 Å². The molecular formula is C12H21NO3. The quantitative estimate of drug-likeness (QED) is 0.447. The Kier molecular flexibility index (Phi) is 4.33. The molecule has 0 spiro atoms. The summed E-state index contributed by atoms with van der Waals surface area (Å²) in [5.74, 6) is 0.298. The fourth-order valence-corrected chi connectivity index (χ4v) is 2.74. The van der Waals surface area contributed by atoms with Crippen LogP contribution in [-0.4, -0.2) is 24.0 Å². The Morgan fingerprint density at radius 1 is 1.56 bits per heavy atom. The fraction of sp³-hybridized carbons (Fsp3) is 0.833. The van der Waals surface area contributed by atoms with Crippen LogP contribution in [0.2, 0.25) is 0 Å². The van der Waals surface area contributed by atoms with E-state index in [1.807, 2.05) is 13.8 Å². The third-order valence-electron chi connectivity index (χ3n) is 3.38. The molecule has 0 bridgehead atoms. The van der Waals surface area contributed by atoms with Gasteiger partial charge in [0.1, 0.15) is 0 Å². The van der Waals surface area contributed by atoms with E-state index in [2.05, 4.69) is 12.1 Å². The summed E-state index contributed by atoms with van der Waals surface area (Å²) in [6.07, 6.45) is 1.58. The van der Waals surface area contributed by atoms with Crippen LogP contribution in [0.25, 0.3) is 0 Å². The summed E-state index contributed by atoms with van der Waals surface area (Å²) in [6, 6.07) is 0. The van der Waals surface area contributed by atoms with Gasteiger partial charge in [0.25, 0.3) is 0 Å². The SMILES string of the molecule is COC(=O)[C@@H]1C[C@@H](C)C/C(=N\O)[C@@H]1C(C)C. The van der Waals surface area contributed by atoms with Crippen molar-refractivity contribution in [3.05, 3.63) is 0 Å². The average Bonchev–Trinajstić information content (AvgIpc) is 2.26. The first-order valence-electron chi connectivity index (χ1n) is 5.79. The van der Waals surface area contributed by atoms with Crippen molar-refractivity contribution in [3.8, 4) is 0 Å². The Balaban J connectivity index is 2.97. The number of carbonyl (C=O) groups is 1. The lowest BCUT2D eigenvalue weighted by Gasteiger charge is -2.35. The Labute approximate surface area is 96.7 Å². The number of ether oxygens (including phenoxy) is 1. The van der Waals surface area contributed by atoms with Crippen molar-refractivity contribution in [2.24, 2.45) is 28.8 Å². The first kappa shape index (κ1) is 13.0. The number of hydrogen-bond donors (Lipinski definition) is 1. The standard InChI is InChI=1S/C12H21NO3/c1-7(2)11-9(12(14)16-4)5-8(3)6-10(11)13-15/h7-9,11,15H,5-6H2,1-4H3/b13-10+/t8-,9-,11-/m1/s1. The second-order valence-electron chi connectivity index (χ2n) is 5.04. The summed E-state index contributed by atoms with van der Waals surface area (Å²) in [5.41, 5.74) is 0.740. The van der Waals surface area contributed by atoms with Crippen molar-refractivity contribution >= 4 is 11.7 Å². The molecule has 0 aromatic heterocycles. The highest BCUT2D eigenvalue weighted by Crippen LogP contribution is 2.37. The molecule has 0 heterocycles. The second kappa shape index (κ2) is 5.32. The van der Waals surface area contributed by atoms with Crippen molar-refractivity contribution in [1.82, 2.24) is 0 Å². The molecule has 1 aliphatic rings. The van der Waals surface area contributed by atoms with Crippen LogP contribution < -0.4 is 0 Å². The fourth-order valence-electron chi connectivity index (χ4n) is 2.74. The largest absolute Gasteiger partial charge is 0.469 e. The number of esters is 1. The average molecular weight is 227 g/mol. The third-order valence-corrected chi connectivity index (χ3v) is 3.38. The molecule has 4 nitrogen and oxygen atoms in total. The van der Waals surface area contributed by atoms with Gasteiger partial charge in [-0.2, -0.15) is 0 Å². The predicted molar refractivity (Wildman–Crippen MR) is 61.5 cm³/mol. The topological polar surface area (TPSA) is 58.9 Å². The highest BCUT2D eigenvalue weighted by atomic mass is 16.5. The number of carbonyl (C=O) groups excluding carboxylic acids is 1. The van der Waals surface area contributed by atoms with E-state index in [0.29, 0.717) is 5.92 Å². The molecular weight excluding hydrogens is 206 g/mol.